The molecule has 0 rings (SSSR count). The Labute approximate surface area is 60.3 Å². The molecule has 2 heteroatoms. The van der Waals surface area contributed by atoms with Crippen LogP contribution in [0.15, 0.2) is 0 Å². The Balaban J connectivity index is 3.58. The average molecular weight is 244 g/mol. The zero-order valence-electron chi connectivity index (χ0n) is 5.95. The van der Waals surface area contributed by atoms with Crippen molar-refractivity contribution in [2.24, 2.45) is 0 Å². The van der Waals surface area contributed by atoms with Crippen LogP contribution >= 0.6 is 8.83 Å². The predicted molar refractivity (Wildman–Crippen MR) is 43.1 cm³/mol. The molecule has 0 aromatic carbocycles. The Morgan fingerprint density at radius 3 is 1.25 bits per heavy atom. The summed E-state index contributed by atoms with van der Waals surface area (Å²) in [5.74, 6) is 0. The molecule has 1 radical (unpaired) electrons. The van der Waals surface area contributed by atoms with Gasteiger partial charge < -0.3 is 0 Å². The Hall–Kier alpha value is 1.11. The molecule has 0 heterocycles. The van der Waals surface area contributed by atoms with Crippen LogP contribution in [-0.2, 0) is 0 Å². The van der Waals surface area contributed by atoms with Gasteiger partial charge in [0.05, 0.1) is 0 Å². The number of hydrogen-bond donors (Lipinski definition) is 0. The fourth-order valence-electron chi connectivity index (χ4n) is 0.671. The molecule has 0 unspecified atom stereocenters. The van der Waals surface area contributed by atoms with Gasteiger partial charge in [-0.1, -0.05) is 0 Å². The van der Waals surface area contributed by atoms with Crippen LogP contribution in [-0.4, -0.2) is 17.7 Å². The third-order valence-electron chi connectivity index (χ3n) is 1.70. The van der Waals surface area contributed by atoms with Gasteiger partial charge in [0, 0.05) is 0 Å². The molecule has 0 aliphatic rings. The molecule has 0 aliphatic carbocycles. The van der Waals surface area contributed by atoms with Crippen LogP contribution in [0.1, 0.15) is 20.8 Å². The van der Waals surface area contributed by atoms with Crippen LogP contribution in [0.5, 0.6) is 0 Å². The summed E-state index contributed by atoms with van der Waals surface area (Å²) in [4.78, 5) is 0. The van der Waals surface area contributed by atoms with Crippen LogP contribution in [0, 0.1) is 0 Å². The summed E-state index contributed by atoms with van der Waals surface area (Å²) in [6, 6.07) is 0. The van der Waals surface area contributed by atoms with E-state index in [0.717, 1.165) is 0 Å². The molecule has 0 bridgehead atoms. The Bertz CT molecular complexity index is 51.3. The third kappa shape index (κ3) is 2.60. The monoisotopic (exact) mass is 243 g/mol. The summed E-state index contributed by atoms with van der Waals surface area (Å²) in [6.07, 6.45) is 0. The van der Waals surface area contributed by atoms with E-state index in [-0.39, 0.29) is 0 Å². The van der Waals surface area contributed by atoms with Gasteiger partial charge in [-0.25, -0.2) is 0 Å². The first kappa shape index (κ1) is 9.11. The van der Waals surface area contributed by atoms with Crippen LogP contribution < -0.4 is 0 Å². The molecular formula is C6H15ClSb. The van der Waals surface area contributed by atoms with E-state index in [1.807, 2.05) is 0 Å². The van der Waals surface area contributed by atoms with E-state index >= 15 is 0 Å². The van der Waals surface area contributed by atoms with Crippen molar-refractivity contribution in [3.05, 3.63) is 0 Å². The second-order valence-electron chi connectivity index (χ2n) is 1.98. The molecule has 0 aromatic heterocycles. The zero-order valence-corrected chi connectivity index (χ0v) is 9.26. The SMILES string of the molecule is C[CH2][Sb]([Cl])([CH2]C)[CH2]C. The maximum absolute atomic E-state index is 6.29. The van der Waals surface area contributed by atoms with E-state index in [1.165, 1.54) is 13.1 Å². The first-order chi connectivity index (χ1) is 3.68. The van der Waals surface area contributed by atoms with Gasteiger partial charge in [-0.2, -0.15) is 0 Å². The van der Waals surface area contributed by atoms with Gasteiger partial charge in [-0.15, -0.1) is 0 Å². The predicted octanol–water partition coefficient (Wildman–Crippen LogP) is 3.23. The van der Waals surface area contributed by atoms with Crippen molar-refractivity contribution in [1.82, 2.24) is 0 Å². The number of halogens is 1. The second kappa shape index (κ2) is 4.01. The zero-order chi connectivity index (χ0) is 6.62. The molecule has 0 fully saturated rings. The summed E-state index contributed by atoms with van der Waals surface area (Å²) in [7, 11) is 6.29. The van der Waals surface area contributed by atoms with Gasteiger partial charge in [0.15, 0.2) is 0 Å². The first-order valence-corrected chi connectivity index (χ1v) is 11.9. The van der Waals surface area contributed by atoms with Crippen LogP contribution in [0.4, 0.5) is 0 Å². The molecule has 0 saturated carbocycles. The van der Waals surface area contributed by atoms with E-state index in [9.17, 15) is 0 Å². The normalized spacial score (nSPS) is 12.0. The van der Waals surface area contributed by atoms with Crippen molar-refractivity contribution in [2.45, 2.75) is 33.9 Å². The Morgan fingerprint density at radius 2 is 1.25 bits per heavy atom. The number of rotatable bonds is 3. The molecule has 8 heavy (non-hydrogen) atoms. The van der Waals surface area contributed by atoms with Crippen LogP contribution in [0.2, 0.25) is 13.1 Å². The minimum atomic E-state index is -1.77. The van der Waals surface area contributed by atoms with Gasteiger partial charge in [0.2, 0.25) is 0 Å². The first-order valence-electron chi connectivity index (χ1n) is 3.24. The minimum absolute atomic E-state index is 1.28. The molecular weight excluding hydrogens is 229 g/mol. The van der Waals surface area contributed by atoms with Crippen molar-refractivity contribution < 1.29 is 0 Å². The second-order valence-corrected chi connectivity index (χ2v) is 18.1. The van der Waals surface area contributed by atoms with E-state index in [2.05, 4.69) is 20.8 Å². The molecule has 0 aliphatic heterocycles. The van der Waals surface area contributed by atoms with Crippen LogP contribution in [0.3, 0.4) is 0 Å². The summed E-state index contributed by atoms with van der Waals surface area (Å²) >= 11 is -1.77. The van der Waals surface area contributed by atoms with E-state index in [1.54, 1.807) is 0 Å². The van der Waals surface area contributed by atoms with Crippen molar-refractivity contribution >= 4 is 26.5 Å². The van der Waals surface area contributed by atoms with E-state index in [4.69, 9.17) is 8.83 Å². The van der Waals surface area contributed by atoms with Gasteiger partial charge in [-0.05, 0) is 0 Å². The van der Waals surface area contributed by atoms with Gasteiger partial charge in [-0.3, -0.25) is 0 Å². The molecule has 0 nitrogen and oxygen atoms in total. The van der Waals surface area contributed by atoms with Crippen molar-refractivity contribution in [3.63, 3.8) is 0 Å². The Morgan fingerprint density at radius 1 is 1.00 bits per heavy atom. The molecule has 0 spiro atoms. The average Bonchev–Trinajstić information content (AvgIpc) is 1.87. The quantitative estimate of drug-likeness (QED) is 0.669. The molecule has 51 valence electrons. The molecule has 0 aromatic rings. The fraction of sp³-hybridized carbons (Fsp3) is 1.00. The molecule has 0 N–H and O–H groups in total. The Kier molecular flexibility index (Phi) is 4.56. The van der Waals surface area contributed by atoms with Crippen molar-refractivity contribution in [1.29, 1.82) is 0 Å². The van der Waals surface area contributed by atoms with Crippen molar-refractivity contribution in [2.75, 3.05) is 0 Å². The van der Waals surface area contributed by atoms with Crippen LogP contribution in [0.25, 0.3) is 0 Å². The summed E-state index contributed by atoms with van der Waals surface area (Å²) in [6.45, 7) is 6.68. The summed E-state index contributed by atoms with van der Waals surface area (Å²) < 4.78 is 3.85. The molecule has 0 amide bonds. The third-order valence-corrected chi connectivity index (χ3v) is 16.2. The summed E-state index contributed by atoms with van der Waals surface area (Å²) in [5, 5.41) is 0. The maximum atomic E-state index is 6.29. The standard InChI is InChI=1S/3C2H5.ClH.Sb/c3*1-2;;/h3*1H2,2H3;1H;/q;;;;+1/p-1. The van der Waals surface area contributed by atoms with Crippen molar-refractivity contribution in [3.8, 4) is 0 Å². The van der Waals surface area contributed by atoms with Gasteiger partial charge in [0.25, 0.3) is 0 Å². The van der Waals surface area contributed by atoms with E-state index < -0.39 is 17.7 Å². The topological polar surface area (TPSA) is 0 Å². The van der Waals surface area contributed by atoms with Gasteiger partial charge in [0.1, 0.15) is 0 Å². The van der Waals surface area contributed by atoms with E-state index in [0.29, 0.717) is 0 Å². The van der Waals surface area contributed by atoms with Gasteiger partial charge >= 0.3 is 60.4 Å². The fourth-order valence-corrected chi connectivity index (χ4v) is 4.50. The molecule has 0 atom stereocenters. The number of hydrogen-bond acceptors (Lipinski definition) is 0. The molecule has 0 saturated heterocycles. The summed E-state index contributed by atoms with van der Waals surface area (Å²) in [5.41, 5.74) is 0.